The summed E-state index contributed by atoms with van der Waals surface area (Å²) in [4.78, 5) is 51.4. The van der Waals surface area contributed by atoms with Gasteiger partial charge in [0.1, 0.15) is 0 Å². The minimum atomic E-state index is -0.249. The number of amides is 4. The van der Waals surface area contributed by atoms with Crippen molar-refractivity contribution in [2.45, 2.75) is 32.1 Å². The van der Waals surface area contributed by atoms with Gasteiger partial charge in [0, 0.05) is 19.5 Å². The molecule has 0 saturated carbocycles. The lowest BCUT2D eigenvalue weighted by Gasteiger charge is -2.26. The van der Waals surface area contributed by atoms with E-state index in [0.717, 1.165) is 32.1 Å². The fourth-order valence-electron chi connectivity index (χ4n) is 5.75. The second-order valence-electron chi connectivity index (χ2n) is 11.5. The van der Waals surface area contributed by atoms with E-state index in [1.807, 2.05) is 24.3 Å². The maximum absolute atomic E-state index is 12.4. The Bertz CT molecular complexity index is 1620. The second kappa shape index (κ2) is 9.66. The Morgan fingerprint density at radius 1 is 0.463 bits per heavy atom. The van der Waals surface area contributed by atoms with Gasteiger partial charge in [0.2, 0.25) is 0 Å². The molecule has 2 heterocycles. The van der Waals surface area contributed by atoms with Crippen LogP contribution in [0.25, 0.3) is 0 Å². The normalized spacial score (nSPS) is 14.6. The van der Waals surface area contributed by atoms with Gasteiger partial charge < -0.3 is 0 Å². The smallest absolute Gasteiger partial charge is 0.261 e. The lowest BCUT2D eigenvalue weighted by Crippen LogP contribution is -2.24. The molecular weight excluding hydrogens is 512 g/mol. The number of rotatable bonds is 6. The quantitative estimate of drug-likeness (QED) is 0.295. The summed E-state index contributed by atoms with van der Waals surface area (Å²) in [5.74, 6) is -0.994. The van der Waals surface area contributed by atoms with Gasteiger partial charge in [0.25, 0.3) is 23.6 Å². The van der Waals surface area contributed by atoms with Gasteiger partial charge in [-0.3, -0.25) is 29.0 Å². The Hall–Kier alpha value is -4.84. The van der Waals surface area contributed by atoms with Crippen molar-refractivity contribution < 1.29 is 19.2 Å². The summed E-state index contributed by atoms with van der Waals surface area (Å²) < 4.78 is 0. The van der Waals surface area contributed by atoms with E-state index in [0.29, 0.717) is 35.1 Å². The Morgan fingerprint density at radius 3 is 1.15 bits per heavy atom. The lowest BCUT2D eigenvalue weighted by molar-refractivity contribution is 0.0677. The number of nitrogens with zero attached hydrogens (tertiary/aromatic N) is 2. The van der Waals surface area contributed by atoms with Crippen LogP contribution in [-0.4, -0.2) is 47.5 Å². The molecule has 6 nitrogen and oxygen atoms in total. The first-order chi connectivity index (χ1) is 19.5. The predicted molar refractivity (Wildman–Crippen MR) is 156 cm³/mol. The van der Waals surface area contributed by atoms with E-state index in [4.69, 9.17) is 0 Å². The zero-order valence-corrected chi connectivity index (χ0v) is 23.5. The van der Waals surface area contributed by atoms with Crippen LogP contribution in [0.3, 0.4) is 0 Å². The highest BCUT2D eigenvalue weighted by Crippen LogP contribution is 2.33. The fourth-order valence-corrected chi connectivity index (χ4v) is 5.75. The van der Waals surface area contributed by atoms with Crippen LogP contribution >= 0.6 is 0 Å². The Kier molecular flexibility index (Phi) is 6.22. The lowest BCUT2D eigenvalue weighted by atomic mass is 9.77. The first-order valence-electron chi connectivity index (χ1n) is 13.6. The summed E-state index contributed by atoms with van der Waals surface area (Å²) in [7, 11) is 3.03. The summed E-state index contributed by atoms with van der Waals surface area (Å²) in [5, 5.41) is 0. The second-order valence-corrected chi connectivity index (χ2v) is 11.5. The van der Waals surface area contributed by atoms with E-state index in [9.17, 15) is 19.2 Å². The topological polar surface area (TPSA) is 74.8 Å². The van der Waals surface area contributed by atoms with Gasteiger partial charge in [-0.1, -0.05) is 74.5 Å². The number of hydrogen-bond donors (Lipinski definition) is 0. The van der Waals surface area contributed by atoms with Gasteiger partial charge >= 0.3 is 0 Å². The number of carbonyl (C=O) groups is 4. The molecule has 0 atom stereocenters. The molecule has 6 rings (SSSR count). The molecule has 2 aliphatic rings. The van der Waals surface area contributed by atoms with E-state index in [-0.39, 0.29) is 29.0 Å². The molecule has 0 saturated heterocycles. The first kappa shape index (κ1) is 26.4. The number of imide groups is 2. The van der Waals surface area contributed by atoms with E-state index >= 15 is 0 Å². The molecule has 0 fully saturated rings. The van der Waals surface area contributed by atoms with Crippen molar-refractivity contribution in [1.82, 2.24) is 9.80 Å². The van der Waals surface area contributed by atoms with Gasteiger partial charge in [-0.15, -0.1) is 0 Å². The Labute approximate surface area is 239 Å². The third-order valence-electron chi connectivity index (χ3n) is 8.48. The molecule has 204 valence electrons. The third-order valence-corrected chi connectivity index (χ3v) is 8.48. The molecule has 0 N–H and O–H groups in total. The minimum absolute atomic E-state index is 0.215. The predicted octanol–water partition coefficient (Wildman–Crippen LogP) is 5.65. The minimum Gasteiger partial charge on any atom is -0.277 e. The highest BCUT2D eigenvalue weighted by Gasteiger charge is 2.33. The summed E-state index contributed by atoms with van der Waals surface area (Å²) >= 11 is 0. The molecule has 0 aliphatic carbocycles. The molecule has 41 heavy (non-hydrogen) atoms. The number of hydrogen-bond acceptors (Lipinski definition) is 4. The third kappa shape index (κ3) is 4.45. The van der Waals surface area contributed by atoms with Crippen LogP contribution in [-0.2, 0) is 18.3 Å². The molecule has 4 aromatic rings. The average Bonchev–Trinajstić information content (AvgIpc) is 3.32. The molecule has 0 bridgehead atoms. The van der Waals surface area contributed by atoms with Crippen LogP contribution in [0, 0.1) is 0 Å². The summed E-state index contributed by atoms with van der Waals surface area (Å²) in [6.45, 7) is 4.41. The van der Waals surface area contributed by atoms with Crippen LogP contribution < -0.4 is 0 Å². The monoisotopic (exact) mass is 542 g/mol. The van der Waals surface area contributed by atoms with Crippen molar-refractivity contribution in [3.8, 4) is 0 Å². The summed E-state index contributed by atoms with van der Waals surface area (Å²) in [6, 6.07) is 28.1. The molecule has 4 aromatic carbocycles. The Balaban J connectivity index is 1.15. The van der Waals surface area contributed by atoms with Crippen molar-refractivity contribution in [3.63, 3.8) is 0 Å². The van der Waals surface area contributed by atoms with Gasteiger partial charge in [-0.05, 0) is 70.5 Å². The van der Waals surface area contributed by atoms with Crippen molar-refractivity contribution >= 4 is 23.6 Å². The molecule has 0 radical (unpaired) electrons. The van der Waals surface area contributed by atoms with Gasteiger partial charge in [0.15, 0.2) is 0 Å². The highest BCUT2D eigenvalue weighted by atomic mass is 16.2. The van der Waals surface area contributed by atoms with Gasteiger partial charge in [0.05, 0.1) is 22.3 Å². The SMILES string of the molecule is CN1C(=O)c2ccc(Cc3ccc(C(C)(C)c4ccc(Cc5ccc6c(c5)C(=O)N(C)C6=O)cc4)cc3)cc2C1=O. The molecule has 6 heteroatoms. The summed E-state index contributed by atoms with van der Waals surface area (Å²) in [6.07, 6.45) is 1.35. The molecule has 4 amide bonds. The van der Waals surface area contributed by atoms with Crippen molar-refractivity contribution in [2.75, 3.05) is 14.1 Å². The number of benzene rings is 4. The Morgan fingerprint density at radius 2 is 0.780 bits per heavy atom. The number of fused-ring (bicyclic) bond motifs is 2. The summed E-state index contributed by atoms with van der Waals surface area (Å²) in [5.41, 5.74) is 8.30. The highest BCUT2D eigenvalue weighted by molar-refractivity contribution is 6.21. The van der Waals surface area contributed by atoms with Crippen LogP contribution in [0.4, 0.5) is 0 Å². The van der Waals surface area contributed by atoms with Crippen LogP contribution in [0.2, 0.25) is 0 Å². The number of carbonyl (C=O) groups excluding carboxylic acids is 4. The van der Waals surface area contributed by atoms with Crippen LogP contribution in [0.15, 0.2) is 84.9 Å². The average molecular weight is 543 g/mol. The zero-order valence-electron chi connectivity index (χ0n) is 23.5. The molecule has 0 spiro atoms. The van der Waals surface area contributed by atoms with Crippen molar-refractivity contribution in [1.29, 1.82) is 0 Å². The van der Waals surface area contributed by atoms with E-state index in [1.165, 1.54) is 25.2 Å². The van der Waals surface area contributed by atoms with E-state index < -0.39 is 0 Å². The maximum atomic E-state index is 12.4. The first-order valence-corrected chi connectivity index (χ1v) is 13.6. The molecule has 2 aliphatic heterocycles. The van der Waals surface area contributed by atoms with Crippen LogP contribution in [0.1, 0.15) is 88.7 Å². The van der Waals surface area contributed by atoms with Crippen molar-refractivity contribution in [3.05, 3.63) is 141 Å². The van der Waals surface area contributed by atoms with Gasteiger partial charge in [-0.25, -0.2) is 0 Å². The fraction of sp³-hybridized carbons (Fsp3) is 0.200. The van der Waals surface area contributed by atoms with E-state index in [1.54, 1.807) is 12.1 Å². The largest absolute Gasteiger partial charge is 0.277 e. The zero-order chi connectivity index (χ0) is 29.1. The van der Waals surface area contributed by atoms with Gasteiger partial charge in [-0.2, -0.15) is 0 Å². The molecule has 0 unspecified atom stereocenters. The molecular formula is C35H30N2O4. The maximum Gasteiger partial charge on any atom is 0.261 e. The molecule has 0 aromatic heterocycles. The standard InChI is InChI=1S/C35H30N2O4/c1-35(2,25-11-5-21(6-12-25)17-23-9-15-27-29(19-23)33(40)36(3)31(27)38)26-13-7-22(8-14-26)18-24-10-16-28-30(20-24)34(41)37(4)32(28)39/h5-16,19-20H,17-18H2,1-4H3. The van der Waals surface area contributed by atoms with Crippen LogP contribution in [0.5, 0.6) is 0 Å². The van der Waals surface area contributed by atoms with Crippen molar-refractivity contribution in [2.24, 2.45) is 0 Å². The van der Waals surface area contributed by atoms with E-state index in [2.05, 4.69) is 62.4 Å².